The highest BCUT2D eigenvalue weighted by molar-refractivity contribution is 5.99. The quantitative estimate of drug-likeness (QED) is 0.399. The summed E-state index contributed by atoms with van der Waals surface area (Å²) in [6.45, 7) is 5.01. The zero-order valence-electron chi connectivity index (χ0n) is 19.2. The molecule has 0 radical (unpaired) electrons. The van der Waals surface area contributed by atoms with E-state index in [1.165, 1.54) is 6.07 Å². The van der Waals surface area contributed by atoms with Gasteiger partial charge >= 0.3 is 0 Å². The summed E-state index contributed by atoms with van der Waals surface area (Å²) in [6, 6.07) is 13.2. The molecule has 0 saturated carbocycles. The largest absolute Gasteiger partial charge is 0.497 e. The second-order valence-electron chi connectivity index (χ2n) is 8.10. The first-order valence-electron chi connectivity index (χ1n) is 11.0. The number of nitrogens with zero attached hydrogens (tertiary/aromatic N) is 4. The second-order valence-corrected chi connectivity index (χ2v) is 8.10. The van der Waals surface area contributed by atoms with Gasteiger partial charge in [-0.2, -0.15) is 0 Å². The van der Waals surface area contributed by atoms with Crippen molar-refractivity contribution in [2.24, 2.45) is 0 Å². The van der Waals surface area contributed by atoms with Crippen LogP contribution in [-0.2, 0) is 0 Å². The molecule has 1 saturated heterocycles. The molecule has 0 atom stereocenters. The van der Waals surface area contributed by atoms with Gasteiger partial charge in [0.15, 0.2) is 11.5 Å². The van der Waals surface area contributed by atoms with Crippen LogP contribution in [0.3, 0.4) is 0 Å². The molecule has 1 amide bonds. The summed E-state index contributed by atoms with van der Waals surface area (Å²) in [5.41, 5.74) is 0.672. The van der Waals surface area contributed by atoms with Gasteiger partial charge in [0, 0.05) is 50.9 Å². The zero-order chi connectivity index (χ0) is 24.1. The van der Waals surface area contributed by atoms with Crippen LogP contribution in [0.2, 0.25) is 0 Å². The van der Waals surface area contributed by atoms with Gasteiger partial charge in [0.25, 0.3) is 11.6 Å². The van der Waals surface area contributed by atoms with Crippen LogP contribution in [0.5, 0.6) is 5.75 Å². The lowest BCUT2D eigenvalue weighted by Crippen LogP contribution is -2.46. The Morgan fingerprint density at radius 1 is 1.15 bits per heavy atom. The highest BCUT2D eigenvalue weighted by Crippen LogP contribution is 2.35. The van der Waals surface area contributed by atoms with Crippen molar-refractivity contribution in [3.8, 4) is 28.5 Å². The van der Waals surface area contributed by atoms with Crippen molar-refractivity contribution in [3.05, 3.63) is 64.3 Å². The van der Waals surface area contributed by atoms with Crippen LogP contribution in [0.25, 0.3) is 22.8 Å². The monoisotopic (exact) mass is 465 g/mol. The van der Waals surface area contributed by atoms with Crippen LogP contribution < -0.4 is 10.1 Å². The highest BCUT2D eigenvalue weighted by atomic mass is 16.6. The molecule has 0 bridgehead atoms. The molecule has 1 aromatic heterocycles. The molecule has 4 rings (SSSR count). The topological polar surface area (TPSA) is 114 Å². The summed E-state index contributed by atoms with van der Waals surface area (Å²) in [4.78, 5) is 33.2. The smallest absolute Gasteiger partial charge is 0.280 e. The Morgan fingerprint density at radius 2 is 1.85 bits per heavy atom. The number of hydrogen-bond donors (Lipinski definition) is 1. The fraction of sp³-hybridized carbons (Fsp3) is 0.333. The van der Waals surface area contributed by atoms with Gasteiger partial charge < -0.3 is 19.4 Å². The van der Waals surface area contributed by atoms with Crippen LogP contribution in [0.1, 0.15) is 10.5 Å². The molecule has 0 aliphatic carbocycles. The van der Waals surface area contributed by atoms with Gasteiger partial charge in [0.1, 0.15) is 5.75 Å². The number of hydrogen-bond acceptors (Lipinski definition) is 8. The van der Waals surface area contributed by atoms with Crippen molar-refractivity contribution >= 4 is 11.6 Å². The van der Waals surface area contributed by atoms with E-state index in [0.29, 0.717) is 24.4 Å². The van der Waals surface area contributed by atoms with Crippen LogP contribution in [0, 0.1) is 10.1 Å². The predicted molar refractivity (Wildman–Crippen MR) is 127 cm³/mol. The molecule has 1 aliphatic rings. The number of amides is 1. The first kappa shape index (κ1) is 23.4. The van der Waals surface area contributed by atoms with Gasteiger partial charge in [-0.25, -0.2) is 4.98 Å². The molecule has 10 nitrogen and oxygen atoms in total. The van der Waals surface area contributed by atoms with Crippen molar-refractivity contribution in [1.82, 2.24) is 20.1 Å². The molecule has 0 spiro atoms. The maximum absolute atomic E-state index is 13.1. The van der Waals surface area contributed by atoms with Gasteiger partial charge in [-0.3, -0.25) is 19.8 Å². The van der Waals surface area contributed by atoms with E-state index in [9.17, 15) is 14.9 Å². The summed E-state index contributed by atoms with van der Waals surface area (Å²) < 4.78 is 11.1. The molecule has 1 N–H and O–H groups in total. The number of para-hydroxylation sites is 1. The maximum atomic E-state index is 13.1. The lowest BCUT2D eigenvalue weighted by molar-refractivity contribution is -0.384. The number of nitrogens with one attached hydrogen (secondary N) is 1. The highest BCUT2D eigenvalue weighted by Gasteiger charge is 2.27. The average Bonchev–Trinajstić information content (AvgIpc) is 3.31. The normalized spacial score (nSPS) is 14.6. The Morgan fingerprint density at radius 3 is 2.53 bits per heavy atom. The predicted octanol–water partition coefficient (Wildman–Crippen LogP) is 2.90. The van der Waals surface area contributed by atoms with E-state index in [4.69, 9.17) is 9.15 Å². The van der Waals surface area contributed by atoms with Crippen LogP contribution in [0.15, 0.2) is 52.9 Å². The molecule has 1 fully saturated rings. The number of carbonyl (C=O) groups is 1. The third kappa shape index (κ3) is 5.24. The number of aromatic nitrogens is 1. The average molecular weight is 466 g/mol. The molecule has 2 heterocycles. The van der Waals surface area contributed by atoms with Crippen molar-refractivity contribution < 1.29 is 18.9 Å². The van der Waals surface area contributed by atoms with Crippen molar-refractivity contribution in [2.45, 2.75) is 0 Å². The number of benzene rings is 2. The summed E-state index contributed by atoms with van der Waals surface area (Å²) in [7, 11) is 3.66. The zero-order valence-corrected chi connectivity index (χ0v) is 19.2. The van der Waals surface area contributed by atoms with Gasteiger partial charge in [-0.05, 0) is 37.4 Å². The van der Waals surface area contributed by atoms with Gasteiger partial charge in [0.2, 0.25) is 5.89 Å². The lowest BCUT2D eigenvalue weighted by Gasteiger charge is -2.32. The lowest BCUT2D eigenvalue weighted by atomic mass is 10.1. The number of nitro benzene ring substituents is 1. The molecular formula is C24H27N5O5. The Balaban J connectivity index is 1.61. The van der Waals surface area contributed by atoms with E-state index in [0.717, 1.165) is 26.2 Å². The fourth-order valence-corrected chi connectivity index (χ4v) is 3.82. The van der Waals surface area contributed by atoms with E-state index in [1.807, 2.05) is 0 Å². The molecule has 1 aliphatic heterocycles. The molecule has 2 aromatic carbocycles. The summed E-state index contributed by atoms with van der Waals surface area (Å²) >= 11 is 0. The molecule has 0 unspecified atom stereocenters. The van der Waals surface area contributed by atoms with E-state index in [2.05, 4.69) is 27.1 Å². The summed E-state index contributed by atoms with van der Waals surface area (Å²) in [5, 5.41) is 14.5. The third-order valence-corrected chi connectivity index (χ3v) is 5.83. The minimum atomic E-state index is -0.500. The Hall–Kier alpha value is -3.76. The maximum Gasteiger partial charge on any atom is 0.280 e. The van der Waals surface area contributed by atoms with E-state index >= 15 is 0 Å². The second kappa shape index (κ2) is 10.4. The number of carbonyl (C=O) groups excluding carboxylic acids is 1. The number of likely N-dealkylation sites (N-methyl/N-ethyl adjacent to an activating group) is 1. The van der Waals surface area contributed by atoms with Gasteiger partial charge in [-0.1, -0.05) is 12.1 Å². The van der Waals surface area contributed by atoms with Crippen LogP contribution in [-0.4, -0.2) is 79.0 Å². The standard InChI is InChI=1S/C24H27N5O5/c1-27-13-15-28(16-14-27)12-11-25-23(30)21-22(19-5-3-4-6-20(19)29(31)32)34-24(26-21)17-7-9-18(33-2)10-8-17/h3-10H,11-16H2,1-2H3,(H,25,30). The number of nitro groups is 1. The Bertz CT molecular complexity index is 1150. The molecular weight excluding hydrogens is 438 g/mol. The third-order valence-electron chi connectivity index (χ3n) is 5.83. The van der Waals surface area contributed by atoms with Crippen molar-refractivity contribution in [1.29, 1.82) is 0 Å². The van der Waals surface area contributed by atoms with E-state index in [-0.39, 0.29) is 28.6 Å². The fourth-order valence-electron chi connectivity index (χ4n) is 3.82. The first-order valence-corrected chi connectivity index (χ1v) is 11.0. The Kier molecular flexibility index (Phi) is 7.19. The van der Waals surface area contributed by atoms with E-state index in [1.54, 1.807) is 49.6 Å². The molecule has 3 aromatic rings. The van der Waals surface area contributed by atoms with Gasteiger partial charge in [-0.15, -0.1) is 0 Å². The minimum Gasteiger partial charge on any atom is -0.497 e. The minimum absolute atomic E-state index is 0.0125. The first-order chi connectivity index (χ1) is 16.5. The number of oxazole rings is 1. The van der Waals surface area contributed by atoms with E-state index < -0.39 is 10.8 Å². The number of rotatable bonds is 8. The molecule has 34 heavy (non-hydrogen) atoms. The Labute approximate surface area is 197 Å². The van der Waals surface area contributed by atoms with Crippen LogP contribution >= 0.6 is 0 Å². The summed E-state index contributed by atoms with van der Waals surface area (Å²) in [6.07, 6.45) is 0. The van der Waals surface area contributed by atoms with Gasteiger partial charge in [0.05, 0.1) is 17.6 Å². The number of piperazine rings is 1. The SMILES string of the molecule is COc1ccc(-c2nc(C(=O)NCCN3CCN(C)CC3)c(-c3ccccc3[N+](=O)[O-])o2)cc1. The molecule has 178 valence electrons. The van der Waals surface area contributed by atoms with Crippen molar-refractivity contribution in [2.75, 3.05) is 53.4 Å². The molecule has 10 heteroatoms. The van der Waals surface area contributed by atoms with Crippen molar-refractivity contribution in [3.63, 3.8) is 0 Å². The summed E-state index contributed by atoms with van der Waals surface area (Å²) in [5.74, 6) is 0.483. The number of ether oxygens (including phenoxy) is 1. The number of methoxy groups -OCH3 is 1. The van der Waals surface area contributed by atoms with Crippen LogP contribution in [0.4, 0.5) is 5.69 Å².